The summed E-state index contributed by atoms with van der Waals surface area (Å²) in [6.07, 6.45) is 0.427. The summed E-state index contributed by atoms with van der Waals surface area (Å²) >= 11 is 3.44. The Hall–Kier alpha value is -0.880. The van der Waals surface area contributed by atoms with Crippen molar-refractivity contribution in [2.24, 2.45) is 5.92 Å². The molecule has 1 heterocycles. The van der Waals surface area contributed by atoms with Crippen LogP contribution in [-0.4, -0.2) is 25.8 Å². The van der Waals surface area contributed by atoms with Crippen LogP contribution in [0, 0.1) is 5.92 Å². The van der Waals surface area contributed by atoms with E-state index in [-0.39, 0.29) is 23.5 Å². The molecular formula is C13H16BrNO3S. The first-order chi connectivity index (χ1) is 8.89. The molecule has 1 saturated heterocycles. The summed E-state index contributed by atoms with van der Waals surface area (Å²) in [6, 6.07) is 7.51. The highest BCUT2D eigenvalue weighted by atomic mass is 79.9. The van der Waals surface area contributed by atoms with Gasteiger partial charge in [0.1, 0.15) is 0 Å². The van der Waals surface area contributed by atoms with Gasteiger partial charge in [0.25, 0.3) is 0 Å². The summed E-state index contributed by atoms with van der Waals surface area (Å²) in [5.41, 5.74) is 0.983. The fraction of sp³-hybridized carbons (Fsp3) is 0.462. The minimum atomic E-state index is -3.02. The molecule has 0 aliphatic carbocycles. The lowest BCUT2D eigenvalue weighted by Gasteiger charge is -2.18. The van der Waals surface area contributed by atoms with Crippen LogP contribution in [-0.2, 0) is 14.6 Å². The Morgan fingerprint density at radius 3 is 2.68 bits per heavy atom. The SMILES string of the molecule is CC(NC(=O)C1CCS(=O)(=O)C1)c1ccccc1Br. The largest absolute Gasteiger partial charge is 0.349 e. The van der Waals surface area contributed by atoms with E-state index < -0.39 is 15.8 Å². The Morgan fingerprint density at radius 2 is 2.11 bits per heavy atom. The highest BCUT2D eigenvalue weighted by Crippen LogP contribution is 2.24. The lowest BCUT2D eigenvalue weighted by atomic mass is 10.1. The van der Waals surface area contributed by atoms with Crippen LogP contribution in [0.3, 0.4) is 0 Å². The molecule has 19 heavy (non-hydrogen) atoms. The summed E-state index contributed by atoms with van der Waals surface area (Å²) in [5.74, 6) is -0.491. The van der Waals surface area contributed by atoms with Gasteiger partial charge in [-0.15, -0.1) is 0 Å². The smallest absolute Gasteiger partial charge is 0.224 e. The van der Waals surface area contributed by atoms with E-state index in [0.29, 0.717) is 6.42 Å². The quantitative estimate of drug-likeness (QED) is 0.911. The van der Waals surface area contributed by atoms with Crippen LogP contribution in [0.5, 0.6) is 0 Å². The van der Waals surface area contributed by atoms with Gasteiger partial charge in [-0.25, -0.2) is 8.42 Å². The van der Waals surface area contributed by atoms with Crippen molar-refractivity contribution in [3.63, 3.8) is 0 Å². The van der Waals surface area contributed by atoms with E-state index in [2.05, 4.69) is 21.2 Å². The topological polar surface area (TPSA) is 63.2 Å². The molecule has 0 bridgehead atoms. The van der Waals surface area contributed by atoms with Crippen LogP contribution < -0.4 is 5.32 Å². The number of rotatable bonds is 3. The standard InChI is InChI=1S/C13H16BrNO3S/c1-9(11-4-2-3-5-12(11)14)15-13(16)10-6-7-19(17,18)8-10/h2-5,9-10H,6-8H2,1H3,(H,15,16). The molecule has 1 fully saturated rings. The van der Waals surface area contributed by atoms with Crippen molar-refractivity contribution in [3.05, 3.63) is 34.3 Å². The fourth-order valence-corrected chi connectivity index (χ4v) is 4.61. The Bertz CT molecular complexity index is 585. The number of hydrogen-bond donors (Lipinski definition) is 1. The molecule has 4 nitrogen and oxygen atoms in total. The molecular weight excluding hydrogens is 330 g/mol. The average Bonchev–Trinajstić information content (AvgIpc) is 2.70. The van der Waals surface area contributed by atoms with Crippen LogP contribution in [0.4, 0.5) is 0 Å². The summed E-state index contributed by atoms with van der Waals surface area (Å²) in [7, 11) is -3.02. The van der Waals surface area contributed by atoms with Crippen molar-refractivity contribution in [1.82, 2.24) is 5.32 Å². The van der Waals surface area contributed by atoms with Crippen LogP contribution in [0.15, 0.2) is 28.7 Å². The maximum absolute atomic E-state index is 12.0. The zero-order chi connectivity index (χ0) is 14.0. The number of halogens is 1. The van der Waals surface area contributed by atoms with Gasteiger partial charge in [-0.2, -0.15) is 0 Å². The highest BCUT2D eigenvalue weighted by Gasteiger charge is 2.33. The van der Waals surface area contributed by atoms with E-state index in [1.807, 2.05) is 31.2 Å². The molecule has 104 valence electrons. The first-order valence-corrected chi connectivity index (χ1v) is 8.76. The van der Waals surface area contributed by atoms with Gasteiger partial charge in [0.15, 0.2) is 9.84 Å². The van der Waals surface area contributed by atoms with Crippen LogP contribution >= 0.6 is 15.9 Å². The van der Waals surface area contributed by atoms with Crippen molar-refractivity contribution in [2.75, 3.05) is 11.5 Å². The van der Waals surface area contributed by atoms with E-state index in [0.717, 1.165) is 10.0 Å². The van der Waals surface area contributed by atoms with E-state index >= 15 is 0 Å². The van der Waals surface area contributed by atoms with Gasteiger partial charge in [-0.05, 0) is 25.0 Å². The predicted octanol–water partition coefficient (Wildman–Crippen LogP) is 2.06. The molecule has 1 aromatic rings. The Morgan fingerprint density at radius 1 is 1.42 bits per heavy atom. The zero-order valence-electron chi connectivity index (χ0n) is 10.6. The maximum Gasteiger partial charge on any atom is 0.224 e. The third-order valence-electron chi connectivity index (χ3n) is 3.33. The summed E-state index contributed by atoms with van der Waals surface area (Å²) in [5, 5.41) is 2.88. The zero-order valence-corrected chi connectivity index (χ0v) is 13.0. The number of nitrogens with one attached hydrogen (secondary N) is 1. The normalized spacial score (nSPS) is 22.9. The third kappa shape index (κ3) is 3.57. The van der Waals surface area contributed by atoms with Gasteiger partial charge < -0.3 is 5.32 Å². The Labute approximate surface area is 121 Å². The molecule has 0 saturated carbocycles. The lowest BCUT2D eigenvalue weighted by Crippen LogP contribution is -2.33. The molecule has 2 atom stereocenters. The minimum Gasteiger partial charge on any atom is -0.349 e. The van der Waals surface area contributed by atoms with E-state index in [1.165, 1.54) is 0 Å². The number of carbonyl (C=O) groups excluding carboxylic acids is 1. The second-order valence-corrected chi connectivity index (χ2v) is 7.93. The molecule has 1 amide bonds. The molecule has 0 radical (unpaired) electrons. The van der Waals surface area contributed by atoms with Gasteiger partial charge in [0.05, 0.1) is 23.5 Å². The van der Waals surface area contributed by atoms with Gasteiger partial charge >= 0.3 is 0 Å². The van der Waals surface area contributed by atoms with Crippen molar-refractivity contribution < 1.29 is 13.2 Å². The second-order valence-electron chi connectivity index (χ2n) is 4.85. The molecule has 1 aliphatic heterocycles. The lowest BCUT2D eigenvalue weighted by molar-refractivity contribution is -0.124. The van der Waals surface area contributed by atoms with Crippen molar-refractivity contribution in [2.45, 2.75) is 19.4 Å². The molecule has 1 aliphatic rings. The summed E-state index contributed by atoms with van der Waals surface area (Å²) in [4.78, 5) is 12.0. The number of carbonyl (C=O) groups is 1. The van der Waals surface area contributed by atoms with Crippen molar-refractivity contribution in [1.29, 1.82) is 0 Å². The summed E-state index contributed by atoms with van der Waals surface area (Å²) in [6.45, 7) is 1.89. The van der Waals surface area contributed by atoms with Gasteiger partial charge in [-0.3, -0.25) is 4.79 Å². The number of hydrogen-bond acceptors (Lipinski definition) is 3. The van der Waals surface area contributed by atoms with Crippen LogP contribution in [0.2, 0.25) is 0 Å². The fourth-order valence-electron chi connectivity index (χ4n) is 2.24. The molecule has 2 unspecified atom stereocenters. The molecule has 0 spiro atoms. The molecule has 6 heteroatoms. The predicted molar refractivity (Wildman–Crippen MR) is 77.5 cm³/mol. The highest BCUT2D eigenvalue weighted by molar-refractivity contribution is 9.10. The first-order valence-electron chi connectivity index (χ1n) is 6.14. The van der Waals surface area contributed by atoms with Gasteiger partial charge in [-0.1, -0.05) is 34.1 Å². The molecule has 2 rings (SSSR count). The van der Waals surface area contributed by atoms with E-state index in [1.54, 1.807) is 0 Å². The van der Waals surface area contributed by atoms with Crippen LogP contribution in [0.1, 0.15) is 24.9 Å². The minimum absolute atomic E-state index is 0.0263. The van der Waals surface area contributed by atoms with E-state index in [9.17, 15) is 13.2 Å². The molecule has 0 aromatic heterocycles. The third-order valence-corrected chi connectivity index (χ3v) is 5.82. The number of amides is 1. The monoisotopic (exact) mass is 345 g/mol. The summed E-state index contributed by atoms with van der Waals surface area (Å²) < 4.78 is 23.7. The van der Waals surface area contributed by atoms with Crippen molar-refractivity contribution in [3.8, 4) is 0 Å². The van der Waals surface area contributed by atoms with Crippen molar-refractivity contribution >= 4 is 31.7 Å². The Balaban J connectivity index is 2.02. The van der Waals surface area contributed by atoms with Gasteiger partial charge in [0.2, 0.25) is 5.91 Å². The van der Waals surface area contributed by atoms with E-state index in [4.69, 9.17) is 0 Å². The first kappa shape index (κ1) is 14.5. The average molecular weight is 346 g/mol. The van der Waals surface area contributed by atoms with Crippen LogP contribution in [0.25, 0.3) is 0 Å². The van der Waals surface area contributed by atoms with Gasteiger partial charge in [0, 0.05) is 4.47 Å². The second kappa shape index (κ2) is 5.63. The molecule has 1 N–H and O–H groups in total. The number of sulfone groups is 1. The Kier molecular flexibility index (Phi) is 4.30. The molecule has 1 aromatic carbocycles. The number of benzene rings is 1. The maximum atomic E-state index is 12.0.